The van der Waals surface area contributed by atoms with E-state index in [0.29, 0.717) is 48.0 Å². The molecule has 2 aromatic rings. The predicted octanol–water partition coefficient (Wildman–Crippen LogP) is 3.37. The fraction of sp³-hybridized carbons (Fsp3) is 0.667. The van der Waals surface area contributed by atoms with Crippen LogP contribution < -0.4 is 0 Å². The summed E-state index contributed by atoms with van der Waals surface area (Å²) in [4.78, 5) is 3.45. The Labute approximate surface area is 154 Å². The molecule has 1 atom stereocenters. The quantitative estimate of drug-likeness (QED) is 0.880. The Balaban J connectivity index is 1.76. The SMILES string of the molecule is Cc1[nH]c(C)c(S(=O)(=O)N2CCC[C@@H](C)C2)c1-c1nnc(C2CCC2)o1. The van der Waals surface area contributed by atoms with Gasteiger partial charge in [-0.05, 0) is 45.4 Å². The molecule has 26 heavy (non-hydrogen) atoms. The number of sulfonamides is 1. The summed E-state index contributed by atoms with van der Waals surface area (Å²) >= 11 is 0. The van der Waals surface area contributed by atoms with E-state index < -0.39 is 10.0 Å². The maximum absolute atomic E-state index is 13.4. The number of aromatic nitrogens is 3. The number of aryl methyl sites for hydroxylation is 2. The van der Waals surface area contributed by atoms with Crippen LogP contribution in [0.25, 0.3) is 11.5 Å². The Hall–Kier alpha value is -1.67. The third-order valence-corrected chi connectivity index (χ3v) is 7.68. The summed E-state index contributed by atoms with van der Waals surface area (Å²) in [6.45, 7) is 6.86. The highest BCUT2D eigenvalue weighted by Gasteiger charge is 2.36. The van der Waals surface area contributed by atoms with Crippen molar-refractivity contribution in [1.82, 2.24) is 19.5 Å². The molecule has 0 amide bonds. The normalized spacial score (nSPS) is 22.5. The average Bonchev–Trinajstić information content (AvgIpc) is 3.10. The minimum Gasteiger partial charge on any atom is -0.420 e. The number of rotatable bonds is 4. The van der Waals surface area contributed by atoms with Crippen LogP contribution in [0.3, 0.4) is 0 Å². The molecule has 0 bridgehead atoms. The third kappa shape index (κ3) is 2.89. The largest absolute Gasteiger partial charge is 0.420 e. The summed E-state index contributed by atoms with van der Waals surface area (Å²) in [6.07, 6.45) is 5.26. The van der Waals surface area contributed by atoms with E-state index in [4.69, 9.17) is 4.42 Å². The molecule has 7 nitrogen and oxygen atoms in total. The molecule has 0 spiro atoms. The van der Waals surface area contributed by atoms with Crippen LogP contribution in [0.4, 0.5) is 0 Å². The number of hydrogen-bond donors (Lipinski definition) is 1. The molecule has 8 heteroatoms. The monoisotopic (exact) mass is 378 g/mol. The Morgan fingerprint density at radius 1 is 1.12 bits per heavy atom. The number of aromatic amines is 1. The van der Waals surface area contributed by atoms with Crippen LogP contribution in [0.15, 0.2) is 9.31 Å². The van der Waals surface area contributed by atoms with Gasteiger partial charge in [-0.15, -0.1) is 10.2 Å². The topological polar surface area (TPSA) is 92.1 Å². The van der Waals surface area contributed by atoms with Crippen molar-refractivity contribution >= 4 is 10.0 Å². The second-order valence-electron chi connectivity index (χ2n) is 7.76. The van der Waals surface area contributed by atoms with Gasteiger partial charge in [-0.25, -0.2) is 8.42 Å². The van der Waals surface area contributed by atoms with Crippen LogP contribution >= 0.6 is 0 Å². The van der Waals surface area contributed by atoms with Gasteiger partial charge in [0, 0.05) is 30.4 Å². The molecule has 2 fully saturated rings. The van der Waals surface area contributed by atoms with E-state index in [1.807, 2.05) is 6.92 Å². The average molecular weight is 378 g/mol. The van der Waals surface area contributed by atoms with E-state index in [-0.39, 0.29) is 4.90 Å². The zero-order chi connectivity index (χ0) is 18.5. The second-order valence-corrected chi connectivity index (χ2v) is 9.64. The molecule has 0 unspecified atom stereocenters. The summed E-state index contributed by atoms with van der Waals surface area (Å²) in [7, 11) is -3.61. The third-order valence-electron chi connectivity index (χ3n) is 5.64. The lowest BCUT2D eigenvalue weighted by molar-refractivity contribution is 0.281. The molecule has 1 aliphatic heterocycles. The number of nitrogens with one attached hydrogen (secondary N) is 1. The number of nitrogens with zero attached hydrogens (tertiary/aromatic N) is 3. The maximum atomic E-state index is 13.4. The van der Waals surface area contributed by atoms with Crippen LogP contribution in [0.2, 0.25) is 0 Å². The highest BCUT2D eigenvalue weighted by atomic mass is 32.2. The molecule has 1 N–H and O–H groups in total. The molecule has 142 valence electrons. The van der Waals surface area contributed by atoms with Gasteiger partial charge in [0.15, 0.2) is 0 Å². The minimum absolute atomic E-state index is 0.285. The van der Waals surface area contributed by atoms with E-state index >= 15 is 0 Å². The second kappa shape index (κ2) is 6.49. The Bertz CT molecular complexity index is 911. The van der Waals surface area contributed by atoms with Crippen LogP contribution in [0.1, 0.15) is 62.2 Å². The van der Waals surface area contributed by atoms with Crippen LogP contribution in [-0.4, -0.2) is 41.0 Å². The van der Waals surface area contributed by atoms with E-state index in [1.54, 1.807) is 11.2 Å². The Kier molecular flexibility index (Phi) is 4.43. The van der Waals surface area contributed by atoms with Crippen molar-refractivity contribution in [3.63, 3.8) is 0 Å². The molecule has 0 radical (unpaired) electrons. The fourth-order valence-corrected chi connectivity index (χ4v) is 6.00. The van der Waals surface area contributed by atoms with E-state index in [1.165, 1.54) is 6.42 Å². The number of piperidine rings is 1. The lowest BCUT2D eigenvalue weighted by atomic mass is 9.85. The first kappa shape index (κ1) is 17.7. The van der Waals surface area contributed by atoms with Gasteiger partial charge in [0.1, 0.15) is 4.90 Å². The van der Waals surface area contributed by atoms with Crippen molar-refractivity contribution in [3.8, 4) is 11.5 Å². The van der Waals surface area contributed by atoms with E-state index in [9.17, 15) is 8.42 Å². The van der Waals surface area contributed by atoms with Crippen LogP contribution in [0, 0.1) is 19.8 Å². The molecule has 2 aliphatic rings. The molecular weight excluding hydrogens is 352 g/mol. The first-order chi connectivity index (χ1) is 12.4. The number of hydrogen-bond acceptors (Lipinski definition) is 5. The highest BCUT2D eigenvalue weighted by Crippen LogP contribution is 2.39. The molecule has 2 aromatic heterocycles. The maximum Gasteiger partial charge on any atom is 0.250 e. The van der Waals surface area contributed by atoms with Crippen molar-refractivity contribution in [2.24, 2.45) is 5.92 Å². The predicted molar refractivity (Wildman–Crippen MR) is 97.3 cm³/mol. The van der Waals surface area contributed by atoms with Crippen LogP contribution in [0.5, 0.6) is 0 Å². The number of H-pyrrole nitrogens is 1. The molecule has 1 saturated heterocycles. The molecule has 0 aromatic carbocycles. The van der Waals surface area contributed by atoms with Crippen molar-refractivity contribution in [3.05, 3.63) is 17.3 Å². The van der Waals surface area contributed by atoms with Gasteiger partial charge in [-0.1, -0.05) is 13.3 Å². The van der Waals surface area contributed by atoms with Gasteiger partial charge in [0.05, 0.1) is 5.56 Å². The van der Waals surface area contributed by atoms with Crippen molar-refractivity contribution in [1.29, 1.82) is 0 Å². The van der Waals surface area contributed by atoms with Gasteiger partial charge < -0.3 is 9.40 Å². The van der Waals surface area contributed by atoms with Crippen molar-refractivity contribution in [2.75, 3.05) is 13.1 Å². The molecular formula is C18H26N4O3S. The summed E-state index contributed by atoms with van der Waals surface area (Å²) in [5, 5.41) is 8.35. The lowest BCUT2D eigenvalue weighted by Crippen LogP contribution is -2.39. The zero-order valence-corrected chi connectivity index (χ0v) is 16.4. The van der Waals surface area contributed by atoms with Gasteiger partial charge in [-0.3, -0.25) is 0 Å². The summed E-state index contributed by atoms with van der Waals surface area (Å²) < 4.78 is 34.3. The fourth-order valence-electron chi connectivity index (χ4n) is 3.99. The van der Waals surface area contributed by atoms with Crippen LogP contribution in [-0.2, 0) is 10.0 Å². The smallest absolute Gasteiger partial charge is 0.250 e. The molecule has 1 saturated carbocycles. The Morgan fingerprint density at radius 2 is 1.88 bits per heavy atom. The highest BCUT2D eigenvalue weighted by molar-refractivity contribution is 7.89. The molecule has 3 heterocycles. The van der Waals surface area contributed by atoms with E-state index in [2.05, 4.69) is 22.1 Å². The summed E-state index contributed by atoms with van der Waals surface area (Å²) in [5.74, 6) is 1.62. The minimum atomic E-state index is -3.61. The first-order valence-corrected chi connectivity index (χ1v) is 10.8. The van der Waals surface area contributed by atoms with Crippen molar-refractivity contribution in [2.45, 2.75) is 63.7 Å². The first-order valence-electron chi connectivity index (χ1n) is 9.41. The van der Waals surface area contributed by atoms with Gasteiger partial charge in [-0.2, -0.15) is 4.31 Å². The molecule has 1 aliphatic carbocycles. The van der Waals surface area contributed by atoms with Crippen molar-refractivity contribution < 1.29 is 12.8 Å². The zero-order valence-electron chi connectivity index (χ0n) is 15.6. The summed E-state index contributed by atoms with van der Waals surface area (Å²) in [5.41, 5.74) is 1.90. The Morgan fingerprint density at radius 3 is 2.54 bits per heavy atom. The van der Waals surface area contributed by atoms with Gasteiger partial charge in [0.2, 0.25) is 15.9 Å². The lowest BCUT2D eigenvalue weighted by Gasteiger charge is -2.30. The van der Waals surface area contributed by atoms with E-state index in [0.717, 1.165) is 31.4 Å². The standard InChI is InChI=1S/C18H26N4O3S/c1-11-6-5-9-22(10-11)26(23,24)16-13(3)19-12(2)15(16)18-21-20-17(25-18)14-7-4-8-14/h11,14,19H,4-10H2,1-3H3/t11-/m1/s1. The summed E-state index contributed by atoms with van der Waals surface area (Å²) in [6, 6.07) is 0. The van der Waals surface area contributed by atoms with Gasteiger partial charge >= 0.3 is 0 Å². The molecule has 4 rings (SSSR count). The van der Waals surface area contributed by atoms with Gasteiger partial charge in [0.25, 0.3) is 5.89 Å².